The van der Waals surface area contributed by atoms with E-state index in [4.69, 9.17) is 4.74 Å². The summed E-state index contributed by atoms with van der Waals surface area (Å²) in [5, 5.41) is 6.34. The zero-order valence-electron chi connectivity index (χ0n) is 14.4. The minimum atomic E-state index is 0.0288. The van der Waals surface area contributed by atoms with Gasteiger partial charge in [-0.15, -0.1) is 0 Å². The number of carbonyl (C=O) groups is 1. The fourth-order valence-electron chi connectivity index (χ4n) is 4.89. The Morgan fingerprint density at radius 3 is 2.78 bits per heavy atom. The minimum Gasteiger partial charge on any atom is -0.378 e. The summed E-state index contributed by atoms with van der Waals surface area (Å²) in [6, 6.07) is 1.21. The highest BCUT2D eigenvalue weighted by Gasteiger charge is 2.59. The standard InChI is InChI=1S/C18H31N3O2/c1-2-23-16-10-15(18(16)7-3-8-18)20-17(22)19-11-13-6-9-21(12-13)14-4-5-14/h13-16H,2-12H2,1H3,(H2,19,20,22)/t13-,15+,16+/m0/s1. The summed E-state index contributed by atoms with van der Waals surface area (Å²) in [7, 11) is 0. The lowest BCUT2D eigenvalue weighted by atomic mass is 9.51. The Labute approximate surface area is 139 Å². The van der Waals surface area contributed by atoms with Crippen LogP contribution >= 0.6 is 0 Å². The van der Waals surface area contributed by atoms with Crippen molar-refractivity contribution in [2.24, 2.45) is 11.3 Å². The number of carbonyl (C=O) groups excluding carboxylic acids is 1. The predicted molar refractivity (Wildman–Crippen MR) is 89.3 cm³/mol. The minimum absolute atomic E-state index is 0.0288. The number of likely N-dealkylation sites (tertiary alicyclic amines) is 1. The molecule has 3 aliphatic carbocycles. The zero-order valence-corrected chi connectivity index (χ0v) is 14.4. The van der Waals surface area contributed by atoms with Gasteiger partial charge in [-0.1, -0.05) is 6.42 Å². The van der Waals surface area contributed by atoms with Gasteiger partial charge in [-0.05, 0) is 57.9 Å². The van der Waals surface area contributed by atoms with E-state index in [1.54, 1.807) is 0 Å². The van der Waals surface area contributed by atoms with Gasteiger partial charge in [-0.25, -0.2) is 4.79 Å². The van der Waals surface area contributed by atoms with E-state index in [0.717, 1.165) is 25.6 Å². The first-order valence-corrected chi connectivity index (χ1v) is 9.61. The molecule has 0 aromatic heterocycles. The highest BCUT2D eigenvalue weighted by molar-refractivity contribution is 5.74. The molecule has 0 unspecified atom stereocenters. The molecule has 0 bridgehead atoms. The lowest BCUT2D eigenvalue weighted by Crippen LogP contribution is -2.68. The Hall–Kier alpha value is -0.810. The van der Waals surface area contributed by atoms with Gasteiger partial charge in [0, 0.05) is 37.2 Å². The fourth-order valence-corrected chi connectivity index (χ4v) is 4.89. The van der Waals surface area contributed by atoms with Gasteiger partial charge in [-0.3, -0.25) is 0 Å². The van der Waals surface area contributed by atoms with Crippen molar-refractivity contribution in [1.82, 2.24) is 15.5 Å². The number of hydrogen-bond donors (Lipinski definition) is 2. The number of hydrogen-bond acceptors (Lipinski definition) is 3. The number of nitrogens with zero attached hydrogens (tertiary/aromatic N) is 1. The monoisotopic (exact) mass is 321 g/mol. The quantitative estimate of drug-likeness (QED) is 0.788. The third kappa shape index (κ3) is 2.98. The smallest absolute Gasteiger partial charge is 0.315 e. The fraction of sp³-hybridized carbons (Fsp3) is 0.944. The van der Waals surface area contributed by atoms with Crippen molar-refractivity contribution in [3.05, 3.63) is 0 Å². The second-order valence-electron chi connectivity index (χ2n) is 8.05. The molecule has 1 heterocycles. The molecule has 4 aliphatic rings. The number of nitrogens with one attached hydrogen (secondary N) is 2. The Morgan fingerprint density at radius 1 is 1.30 bits per heavy atom. The zero-order chi connectivity index (χ0) is 15.9. The van der Waals surface area contributed by atoms with Gasteiger partial charge in [-0.2, -0.15) is 0 Å². The Kier molecular flexibility index (Phi) is 4.26. The van der Waals surface area contributed by atoms with Crippen LogP contribution < -0.4 is 10.6 Å². The van der Waals surface area contributed by atoms with Crippen LogP contribution in [0.5, 0.6) is 0 Å². The molecule has 4 fully saturated rings. The van der Waals surface area contributed by atoms with Crippen LogP contribution in [-0.2, 0) is 4.74 Å². The van der Waals surface area contributed by atoms with Crippen LogP contribution in [0.4, 0.5) is 4.79 Å². The first-order valence-electron chi connectivity index (χ1n) is 9.61. The molecule has 1 aliphatic heterocycles. The number of ether oxygens (including phenoxy) is 1. The van der Waals surface area contributed by atoms with Crippen molar-refractivity contribution in [1.29, 1.82) is 0 Å². The molecule has 0 aromatic carbocycles. The second kappa shape index (κ2) is 6.25. The summed E-state index contributed by atoms with van der Waals surface area (Å²) in [6.45, 7) is 6.06. The maximum atomic E-state index is 12.2. The largest absolute Gasteiger partial charge is 0.378 e. The number of urea groups is 1. The van der Waals surface area contributed by atoms with Gasteiger partial charge in [0.1, 0.15) is 0 Å². The van der Waals surface area contributed by atoms with Crippen molar-refractivity contribution < 1.29 is 9.53 Å². The molecule has 2 amide bonds. The molecule has 3 saturated carbocycles. The first kappa shape index (κ1) is 15.7. The van der Waals surface area contributed by atoms with Crippen LogP contribution in [0.2, 0.25) is 0 Å². The van der Waals surface area contributed by atoms with Crippen molar-refractivity contribution in [3.8, 4) is 0 Å². The summed E-state index contributed by atoms with van der Waals surface area (Å²) in [4.78, 5) is 14.8. The maximum Gasteiger partial charge on any atom is 0.315 e. The van der Waals surface area contributed by atoms with Crippen LogP contribution in [0.3, 0.4) is 0 Å². The van der Waals surface area contributed by atoms with Crippen LogP contribution in [-0.4, -0.2) is 55.4 Å². The van der Waals surface area contributed by atoms with Crippen molar-refractivity contribution in [2.45, 2.75) is 70.1 Å². The summed E-state index contributed by atoms with van der Waals surface area (Å²) in [5.41, 5.74) is 0.253. The molecule has 23 heavy (non-hydrogen) atoms. The molecule has 0 radical (unpaired) electrons. The molecule has 0 aromatic rings. The topological polar surface area (TPSA) is 53.6 Å². The Morgan fingerprint density at radius 2 is 2.13 bits per heavy atom. The van der Waals surface area contributed by atoms with Gasteiger partial charge in [0.2, 0.25) is 0 Å². The van der Waals surface area contributed by atoms with Crippen LogP contribution in [0, 0.1) is 11.3 Å². The van der Waals surface area contributed by atoms with Gasteiger partial charge in [0.05, 0.1) is 6.10 Å². The summed E-state index contributed by atoms with van der Waals surface area (Å²) in [5.74, 6) is 0.636. The normalized spacial score (nSPS) is 35.6. The van der Waals surface area contributed by atoms with Crippen LogP contribution in [0.15, 0.2) is 0 Å². The average Bonchev–Trinajstić information content (AvgIpc) is 3.21. The second-order valence-corrected chi connectivity index (χ2v) is 8.05. The number of rotatable bonds is 6. The third-order valence-corrected chi connectivity index (χ3v) is 6.67. The lowest BCUT2D eigenvalue weighted by molar-refractivity contribution is -0.169. The van der Waals surface area contributed by atoms with Crippen LogP contribution in [0.1, 0.15) is 51.9 Å². The molecule has 3 atom stereocenters. The predicted octanol–water partition coefficient (Wildman–Crippen LogP) is 2.12. The molecular weight excluding hydrogens is 290 g/mol. The maximum absolute atomic E-state index is 12.2. The van der Waals surface area contributed by atoms with Gasteiger partial charge >= 0.3 is 6.03 Å². The van der Waals surface area contributed by atoms with Gasteiger partial charge in [0.25, 0.3) is 0 Å². The van der Waals surface area contributed by atoms with E-state index in [1.165, 1.54) is 51.6 Å². The van der Waals surface area contributed by atoms with Crippen molar-refractivity contribution in [3.63, 3.8) is 0 Å². The molecular formula is C18H31N3O2. The van der Waals surface area contributed by atoms with E-state index in [-0.39, 0.29) is 11.4 Å². The third-order valence-electron chi connectivity index (χ3n) is 6.67. The molecule has 2 N–H and O–H groups in total. The van der Waals surface area contributed by atoms with Crippen LogP contribution in [0.25, 0.3) is 0 Å². The highest BCUT2D eigenvalue weighted by Crippen LogP contribution is 2.57. The molecule has 5 heteroatoms. The van der Waals surface area contributed by atoms with Crippen molar-refractivity contribution in [2.75, 3.05) is 26.2 Å². The van der Waals surface area contributed by atoms with E-state index in [0.29, 0.717) is 18.1 Å². The Bertz CT molecular complexity index is 448. The summed E-state index contributed by atoms with van der Waals surface area (Å²) >= 11 is 0. The van der Waals surface area contributed by atoms with Gasteiger partial charge in [0.15, 0.2) is 0 Å². The average molecular weight is 321 g/mol. The SMILES string of the molecule is CCO[C@@H]1C[C@@H](NC(=O)NC[C@@H]2CCN(C3CC3)C2)C12CCC2. The van der Waals surface area contributed by atoms with E-state index < -0.39 is 0 Å². The summed E-state index contributed by atoms with van der Waals surface area (Å²) in [6.07, 6.45) is 9.05. The van der Waals surface area contributed by atoms with Crippen molar-refractivity contribution >= 4 is 6.03 Å². The molecule has 130 valence electrons. The van der Waals surface area contributed by atoms with E-state index in [9.17, 15) is 4.79 Å². The first-order chi connectivity index (χ1) is 11.2. The van der Waals surface area contributed by atoms with E-state index in [2.05, 4.69) is 22.5 Å². The molecule has 5 nitrogen and oxygen atoms in total. The molecule has 1 spiro atoms. The van der Waals surface area contributed by atoms with E-state index >= 15 is 0 Å². The van der Waals surface area contributed by atoms with Gasteiger partial charge < -0.3 is 20.3 Å². The number of amides is 2. The lowest BCUT2D eigenvalue weighted by Gasteiger charge is -2.60. The molecule has 4 rings (SSSR count). The Balaban J connectivity index is 1.19. The highest BCUT2D eigenvalue weighted by atomic mass is 16.5. The molecule has 1 saturated heterocycles. The van der Waals surface area contributed by atoms with E-state index in [1.807, 2.05) is 0 Å². The summed E-state index contributed by atoms with van der Waals surface area (Å²) < 4.78 is 5.85.